The number of amidine groups is 4. The molecular formula is C91H84Cl4N20O12. The average molecular weight is 1790 g/mol. The van der Waals surface area contributed by atoms with Gasteiger partial charge in [-0.3, -0.25) is 59.6 Å². The molecule has 4 aromatic heterocycles. The van der Waals surface area contributed by atoms with Crippen LogP contribution in [0.15, 0.2) is 248 Å². The van der Waals surface area contributed by atoms with Crippen molar-refractivity contribution < 1.29 is 57.3 Å². The molecule has 0 unspecified atom stereocenters. The molecule has 1 fully saturated rings. The standard InChI is InChI=1S/C25H24ClN5O3.C23H22ClN5O3.C22H20ClN5O3.C21H18ClN5O3/c1-34-20-6-4-5-19(25(33)29-21-12-11-18(26)15-28-21)22(20)30-24(32)17-9-7-16(8-10-17)23(27)31-13-2-3-14-31;1-29(2)21(25)14-7-9-15(10-8-14)22(30)28-20-17(5-4-6-18(20)32-3)23(31)27-19-12-11-16(24)13-26-19;1-25-20(24)13-6-8-14(9-7-13)21(29)28-19-16(4-3-5-17(19)31-2)22(30)27-18-11-10-15(23)12-26-18;1-30-16-4-2-3-15(21(29)26-17-10-9-14(22)11-25-17)18(16)27-20(28)13-7-5-12(6-8-13)19(23)24/h4-12,15,27H,2-3,13-14H2,1H3,(H,30,32)(H,28,29,33);4-13,25H,1-3H3,(H,28,30)(H,26,27,31);3-12H,1-2H3,(H2,24,25)(H,28,29)(H,26,27,30);2-11H,1H3,(H3,23,24)(H,27,28)(H,25,26,29). The fourth-order valence-electron chi connectivity index (χ4n) is 12.0. The summed E-state index contributed by atoms with van der Waals surface area (Å²) in [5, 5.41) is 47.4. The molecule has 1 aliphatic rings. The zero-order valence-electron chi connectivity index (χ0n) is 69.1. The van der Waals surface area contributed by atoms with Gasteiger partial charge in [0.25, 0.3) is 47.3 Å². The number of pyridine rings is 4. The molecule has 0 atom stereocenters. The third-order valence-electron chi connectivity index (χ3n) is 18.6. The molecule has 13 rings (SSSR count). The topological polar surface area (TPSA) is 464 Å². The Kier molecular flexibility index (Phi) is 33.1. The summed E-state index contributed by atoms with van der Waals surface area (Å²) >= 11 is 23.3. The van der Waals surface area contributed by atoms with Crippen molar-refractivity contribution in [3.05, 3.63) is 330 Å². The predicted molar refractivity (Wildman–Crippen MR) is 494 cm³/mol. The van der Waals surface area contributed by atoms with E-state index < -0.39 is 47.3 Å². The van der Waals surface area contributed by atoms with E-state index in [1.54, 1.807) is 244 Å². The fraction of sp³-hybridized carbons (Fsp3) is 0.121. The Morgan fingerprint density at radius 3 is 0.835 bits per heavy atom. The Balaban J connectivity index is 0.000000177. The first-order valence-electron chi connectivity index (χ1n) is 38.3. The number of para-hydroxylation sites is 4. The highest BCUT2D eigenvalue weighted by molar-refractivity contribution is 6.31. The van der Waals surface area contributed by atoms with Crippen molar-refractivity contribution in [2.24, 2.45) is 16.5 Å². The van der Waals surface area contributed by atoms with Crippen molar-refractivity contribution in [1.29, 1.82) is 16.2 Å². The van der Waals surface area contributed by atoms with Crippen molar-refractivity contribution >= 4 is 163 Å². The second-order valence-corrected chi connectivity index (χ2v) is 29.0. The zero-order chi connectivity index (χ0) is 91.4. The number of aliphatic imine (C=N–C) groups is 1. The Labute approximate surface area is 749 Å². The number of likely N-dealkylation sites (tertiary alicyclic amines) is 1. The number of nitrogen functional groups attached to an aromatic ring is 1. The summed E-state index contributed by atoms with van der Waals surface area (Å²) in [6.45, 7) is 1.76. The van der Waals surface area contributed by atoms with E-state index >= 15 is 0 Å². The summed E-state index contributed by atoms with van der Waals surface area (Å²) in [6.07, 6.45) is 7.86. The van der Waals surface area contributed by atoms with Gasteiger partial charge in [0, 0.05) is 104 Å². The number of nitrogens with two attached hydrogens (primary N) is 2. The number of carbonyl (C=O) groups excluding carboxylic acids is 8. The highest BCUT2D eigenvalue weighted by atomic mass is 35.5. The second-order valence-electron chi connectivity index (χ2n) is 27.2. The number of nitrogens with one attached hydrogen (secondary N) is 11. The van der Waals surface area contributed by atoms with Crippen LogP contribution in [-0.4, -0.2) is 163 Å². The molecule has 0 saturated carbocycles. The van der Waals surface area contributed by atoms with Crippen molar-refractivity contribution in [3.8, 4) is 23.0 Å². The molecule has 8 aromatic carbocycles. The van der Waals surface area contributed by atoms with Crippen molar-refractivity contribution in [1.82, 2.24) is 29.7 Å². The zero-order valence-corrected chi connectivity index (χ0v) is 72.1. The molecule has 0 aliphatic carbocycles. The Morgan fingerprint density at radius 2 is 0.598 bits per heavy atom. The number of ether oxygens (including phenoxy) is 4. The van der Waals surface area contributed by atoms with Crippen LogP contribution in [0.4, 0.5) is 46.0 Å². The maximum atomic E-state index is 13.0. The van der Waals surface area contributed by atoms with E-state index in [4.69, 9.17) is 93.0 Å². The number of halogens is 4. The molecule has 15 N–H and O–H groups in total. The minimum absolute atomic E-state index is 0.0959. The minimum Gasteiger partial charge on any atom is -0.495 e. The lowest BCUT2D eigenvalue weighted by molar-refractivity contribution is 0.101. The first kappa shape index (κ1) is 93.6. The quantitative estimate of drug-likeness (QED) is 0.0197. The molecule has 127 heavy (non-hydrogen) atoms. The number of nitrogens with zero attached hydrogens (tertiary/aromatic N) is 7. The summed E-state index contributed by atoms with van der Waals surface area (Å²) in [5.41, 5.74) is 17.1. The lowest BCUT2D eigenvalue weighted by Crippen LogP contribution is -2.27. The molecule has 1 saturated heterocycles. The molecule has 32 nitrogen and oxygen atoms in total. The van der Waals surface area contributed by atoms with Gasteiger partial charge in [-0.1, -0.05) is 119 Å². The molecule has 5 heterocycles. The molecule has 0 spiro atoms. The predicted octanol–water partition coefficient (Wildman–Crippen LogP) is 15.9. The fourth-order valence-corrected chi connectivity index (χ4v) is 12.5. The normalized spacial score (nSPS) is 11.1. The van der Waals surface area contributed by atoms with Gasteiger partial charge >= 0.3 is 0 Å². The number of rotatable bonds is 24. The first-order chi connectivity index (χ1) is 61.1. The van der Waals surface area contributed by atoms with Gasteiger partial charge in [0.1, 0.15) is 69.6 Å². The van der Waals surface area contributed by atoms with Gasteiger partial charge < -0.3 is 82.7 Å². The number of hydrogen-bond acceptors (Lipinski definition) is 20. The molecule has 0 radical (unpaired) electrons. The van der Waals surface area contributed by atoms with Gasteiger partial charge in [0.2, 0.25) is 0 Å². The van der Waals surface area contributed by atoms with E-state index in [-0.39, 0.29) is 50.8 Å². The van der Waals surface area contributed by atoms with Crippen molar-refractivity contribution in [2.45, 2.75) is 12.8 Å². The Bertz CT molecular complexity index is 6050. The lowest BCUT2D eigenvalue weighted by atomic mass is 10.1. The van der Waals surface area contributed by atoms with Crippen LogP contribution < -0.4 is 72.9 Å². The summed E-state index contributed by atoms with van der Waals surface area (Å²) in [4.78, 5) is 127. The molecule has 0 bridgehead atoms. The second kappa shape index (κ2) is 44.9. The maximum Gasteiger partial charge on any atom is 0.259 e. The number of anilines is 8. The summed E-state index contributed by atoms with van der Waals surface area (Å²) < 4.78 is 21.4. The number of benzene rings is 8. The summed E-state index contributed by atoms with van der Waals surface area (Å²) in [7, 11) is 10.9. The number of aromatic nitrogens is 4. The van der Waals surface area contributed by atoms with Crippen LogP contribution in [0.2, 0.25) is 20.1 Å². The van der Waals surface area contributed by atoms with Gasteiger partial charge in [-0.15, -0.1) is 0 Å². The third-order valence-corrected chi connectivity index (χ3v) is 19.5. The summed E-state index contributed by atoms with van der Waals surface area (Å²) in [6, 6.07) is 58.6. The molecule has 1 aliphatic heterocycles. The van der Waals surface area contributed by atoms with Gasteiger partial charge in [0.05, 0.1) is 93.5 Å². The van der Waals surface area contributed by atoms with Crippen molar-refractivity contribution in [3.63, 3.8) is 0 Å². The first-order valence-corrected chi connectivity index (χ1v) is 39.8. The number of carbonyl (C=O) groups is 8. The molecule has 648 valence electrons. The van der Waals surface area contributed by atoms with E-state index in [0.717, 1.165) is 31.5 Å². The van der Waals surface area contributed by atoms with Gasteiger partial charge in [-0.05, 0) is 158 Å². The van der Waals surface area contributed by atoms with Gasteiger partial charge in [0.15, 0.2) is 0 Å². The van der Waals surface area contributed by atoms with Gasteiger partial charge in [-0.2, -0.15) is 0 Å². The van der Waals surface area contributed by atoms with Crippen LogP contribution in [0.25, 0.3) is 0 Å². The van der Waals surface area contributed by atoms with Crippen LogP contribution in [0, 0.1) is 16.2 Å². The number of methoxy groups -OCH3 is 4. The number of hydrogen-bond donors (Lipinski definition) is 13. The highest BCUT2D eigenvalue weighted by Gasteiger charge is 2.26. The average Bonchev–Trinajstić information content (AvgIpc) is 0.979. The van der Waals surface area contributed by atoms with Crippen LogP contribution in [-0.2, 0) is 0 Å². The van der Waals surface area contributed by atoms with E-state index in [2.05, 4.69) is 67.5 Å². The SMILES string of the molecule is CN=C(N)c1ccc(C(=O)Nc2c(OC)cccc2C(=O)Nc2ccc(Cl)cn2)cc1.COc1cccc(C(=O)Nc2ccc(Cl)cn2)c1NC(=O)c1ccc(C(=N)N(C)C)cc1.COc1cccc(C(=O)Nc2ccc(Cl)cn2)c1NC(=O)c1ccc(C(=N)N)cc1.COc1cccc(C(=O)Nc2ccc(Cl)cn2)c1NC(=O)c1ccc(C(=N)N2CCCC2)cc1. The molecule has 12 aromatic rings. The van der Waals surface area contributed by atoms with E-state index in [9.17, 15) is 38.4 Å². The molecular weight excluding hydrogens is 1710 g/mol. The molecule has 36 heteroatoms. The number of amides is 8. The van der Waals surface area contributed by atoms with Crippen LogP contribution in [0.5, 0.6) is 23.0 Å². The monoisotopic (exact) mass is 1790 g/mol. The van der Waals surface area contributed by atoms with E-state index in [1.165, 1.54) is 53.2 Å². The smallest absolute Gasteiger partial charge is 0.259 e. The maximum absolute atomic E-state index is 13.0. The van der Waals surface area contributed by atoms with Crippen LogP contribution >= 0.6 is 46.4 Å². The third kappa shape index (κ3) is 25.5. The largest absolute Gasteiger partial charge is 0.495 e. The molecule has 8 amide bonds. The Hall–Kier alpha value is -15.6. The van der Waals surface area contributed by atoms with E-state index in [1.807, 2.05) is 4.90 Å². The minimum atomic E-state index is -0.481. The highest BCUT2D eigenvalue weighted by Crippen LogP contribution is 2.35. The van der Waals surface area contributed by atoms with Gasteiger partial charge in [-0.25, -0.2) is 19.9 Å². The van der Waals surface area contributed by atoms with E-state index in [0.29, 0.717) is 123 Å². The van der Waals surface area contributed by atoms with Crippen molar-refractivity contribution in [2.75, 3.05) is 105 Å². The van der Waals surface area contributed by atoms with Crippen LogP contribution in [0.3, 0.4) is 0 Å². The lowest BCUT2D eigenvalue weighted by Gasteiger charge is -2.18. The Morgan fingerprint density at radius 1 is 0.346 bits per heavy atom. The summed E-state index contributed by atoms with van der Waals surface area (Å²) in [5.74, 6) is 0.109. The van der Waals surface area contributed by atoms with Crippen LogP contribution in [0.1, 0.15) is 118 Å².